The molecule has 0 saturated heterocycles. The molecule has 0 unspecified atom stereocenters. The van der Waals surface area contributed by atoms with E-state index >= 15 is 0 Å². The van der Waals surface area contributed by atoms with Crippen molar-refractivity contribution in [3.05, 3.63) is 69.6 Å². The summed E-state index contributed by atoms with van der Waals surface area (Å²) in [6.45, 7) is 4.63. The summed E-state index contributed by atoms with van der Waals surface area (Å²) in [6, 6.07) is 12.0. The SMILES string of the molecule is CCCc1nn(C)c2c(=O)[nH]c(-c3cc(OCc4ccc(C(=O)NO)cc4)ccc3OCC)nc12. The second-order valence-corrected chi connectivity index (χ2v) is 7.95. The highest BCUT2D eigenvalue weighted by Gasteiger charge is 2.18. The average molecular weight is 478 g/mol. The van der Waals surface area contributed by atoms with Crippen molar-refractivity contribution in [3.8, 4) is 22.9 Å². The number of rotatable bonds is 9. The number of nitrogens with zero attached hydrogens (tertiary/aromatic N) is 3. The van der Waals surface area contributed by atoms with Crippen LogP contribution in [0.1, 0.15) is 41.9 Å². The molecule has 182 valence electrons. The maximum Gasteiger partial charge on any atom is 0.277 e. The lowest BCUT2D eigenvalue weighted by Gasteiger charge is -2.13. The Morgan fingerprint density at radius 1 is 1.14 bits per heavy atom. The number of hydrogen-bond donors (Lipinski definition) is 3. The maximum absolute atomic E-state index is 12.9. The Kier molecular flexibility index (Phi) is 7.11. The predicted octanol–water partition coefficient (Wildman–Crippen LogP) is 3.37. The molecule has 4 aromatic rings. The van der Waals surface area contributed by atoms with Crippen LogP contribution >= 0.6 is 0 Å². The van der Waals surface area contributed by atoms with Crippen LogP contribution in [-0.2, 0) is 20.1 Å². The normalized spacial score (nSPS) is 11.0. The lowest BCUT2D eigenvalue weighted by atomic mass is 10.1. The number of aromatic amines is 1. The third kappa shape index (κ3) is 5.02. The fourth-order valence-electron chi connectivity index (χ4n) is 3.83. The lowest BCUT2D eigenvalue weighted by molar-refractivity contribution is 0.0706. The van der Waals surface area contributed by atoms with Crippen molar-refractivity contribution >= 4 is 16.9 Å². The van der Waals surface area contributed by atoms with E-state index in [-0.39, 0.29) is 12.2 Å². The quantitative estimate of drug-likeness (QED) is 0.249. The van der Waals surface area contributed by atoms with Crippen molar-refractivity contribution in [1.29, 1.82) is 0 Å². The number of hydroxylamine groups is 1. The van der Waals surface area contributed by atoms with E-state index in [1.807, 2.05) is 6.92 Å². The minimum Gasteiger partial charge on any atom is -0.493 e. The molecular formula is C25H27N5O5. The van der Waals surface area contributed by atoms with Gasteiger partial charge in [-0.25, -0.2) is 10.5 Å². The molecule has 4 rings (SSSR count). The van der Waals surface area contributed by atoms with Crippen molar-refractivity contribution in [2.45, 2.75) is 33.3 Å². The Morgan fingerprint density at radius 2 is 1.91 bits per heavy atom. The van der Waals surface area contributed by atoms with Gasteiger partial charge in [0.05, 0.1) is 17.9 Å². The number of carbonyl (C=O) groups excluding carboxylic acids is 1. The van der Waals surface area contributed by atoms with E-state index < -0.39 is 5.91 Å². The van der Waals surface area contributed by atoms with Crippen molar-refractivity contribution in [3.63, 3.8) is 0 Å². The van der Waals surface area contributed by atoms with Gasteiger partial charge in [-0.2, -0.15) is 5.10 Å². The highest BCUT2D eigenvalue weighted by atomic mass is 16.5. The molecular weight excluding hydrogens is 450 g/mol. The number of aromatic nitrogens is 4. The topological polar surface area (TPSA) is 131 Å². The van der Waals surface area contributed by atoms with Crippen molar-refractivity contribution < 1.29 is 19.5 Å². The first-order valence-electron chi connectivity index (χ1n) is 11.3. The molecule has 0 saturated carbocycles. The molecule has 10 nitrogen and oxygen atoms in total. The van der Waals surface area contributed by atoms with Crippen LogP contribution in [0.3, 0.4) is 0 Å². The summed E-state index contributed by atoms with van der Waals surface area (Å²) in [4.78, 5) is 32.0. The van der Waals surface area contributed by atoms with Gasteiger partial charge in [0.25, 0.3) is 11.5 Å². The van der Waals surface area contributed by atoms with Gasteiger partial charge in [-0.15, -0.1) is 0 Å². The van der Waals surface area contributed by atoms with E-state index in [0.29, 0.717) is 52.5 Å². The lowest BCUT2D eigenvalue weighted by Crippen LogP contribution is -2.18. The number of hydrogen-bond acceptors (Lipinski definition) is 7. The molecule has 10 heteroatoms. The summed E-state index contributed by atoms with van der Waals surface area (Å²) in [5, 5.41) is 13.2. The summed E-state index contributed by atoms with van der Waals surface area (Å²) < 4.78 is 13.3. The molecule has 2 aromatic carbocycles. The van der Waals surface area contributed by atoms with Gasteiger partial charge >= 0.3 is 0 Å². The first-order chi connectivity index (χ1) is 16.9. The number of ether oxygens (including phenoxy) is 2. The smallest absolute Gasteiger partial charge is 0.277 e. The van der Waals surface area contributed by atoms with Crippen LogP contribution in [-0.4, -0.2) is 37.5 Å². The number of aryl methyl sites for hydroxylation is 2. The molecule has 0 atom stereocenters. The van der Waals surface area contributed by atoms with E-state index in [2.05, 4.69) is 17.0 Å². The van der Waals surface area contributed by atoms with Crippen LogP contribution in [0.2, 0.25) is 0 Å². The second kappa shape index (κ2) is 10.4. The van der Waals surface area contributed by atoms with Crippen molar-refractivity contribution in [1.82, 2.24) is 25.2 Å². The number of nitrogens with one attached hydrogen (secondary N) is 2. The van der Waals surface area contributed by atoms with Gasteiger partial charge in [0.15, 0.2) is 5.52 Å². The molecule has 0 aliphatic rings. The zero-order valence-corrected chi connectivity index (χ0v) is 19.8. The van der Waals surface area contributed by atoms with Crippen LogP contribution in [0, 0.1) is 0 Å². The van der Waals surface area contributed by atoms with Crippen molar-refractivity contribution in [2.75, 3.05) is 6.61 Å². The minimum absolute atomic E-state index is 0.251. The van der Waals surface area contributed by atoms with Crippen LogP contribution in [0.15, 0.2) is 47.3 Å². The van der Waals surface area contributed by atoms with E-state index in [4.69, 9.17) is 19.7 Å². The van der Waals surface area contributed by atoms with Crippen molar-refractivity contribution in [2.24, 2.45) is 7.05 Å². The number of amides is 1. The van der Waals surface area contributed by atoms with Crippen LogP contribution in [0.25, 0.3) is 22.4 Å². The molecule has 0 fully saturated rings. The summed E-state index contributed by atoms with van der Waals surface area (Å²) in [7, 11) is 1.74. The summed E-state index contributed by atoms with van der Waals surface area (Å²) >= 11 is 0. The Balaban J connectivity index is 1.67. The first-order valence-corrected chi connectivity index (χ1v) is 11.3. The molecule has 3 N–H and O–H groups in total. The van der Waals surface area contributed by atoms with Gasteiger partial charge in [-0.05, 0) is 49.2 Å². The maximum atomic E-state index is 12.9. The van der Waals surface area contributed by atoms with E-state index in [1.165, 1.54) is 0 Å². The molecule has 0 bridgehead atoms. The fraction of sp³-hybridized carbons (Fsp3) is 0.280. The molecule has 0 radical (unpaired) electrons. The zero-order valence-electron chi connectivity index (χ0n) is 19.8. The molecule has 0 aliphatic heterocycles. The van der Waals surface area contributed by atoms with Crippen LogP contribution in [0.5, 0.6) is 11.5 Å². The number of fused-ring (bicyclic) bond motifs is 1. The Morgan fingerprint density at radius 3 is 2.60 bits per heavy atom. The van der Waals surface area contributed by atoms with Crippen LogP contribution < -0.4 is 20.5 Å². The third-order valence-electron chi connectivity index (χ3n) is 5.48. The zero-order chi connectivity index (χ0) is 24.9. The molecule has 0 spiro atoms. The standard InChI is InChI=1S/C25H27N5O5/c1-4-6-19-21-22(30(3)28-19)25(32)27-23(26-21)18-13-17(11-12-20(18)34-5-2)35-14-15-7-9-16(10-8-15)24(31)29-33/h7-13,33H,4-6,14H2,1-3H3,(H,29,31)(H,26,27,32). The second-order valence-electron chi connectivity index (χ2n) is 7.95. The Hall–Kier alpha value is -4.18. The summed E-state index contributed by atoms with van der Waals surface area (Å²) in [6.07, 6.45) is 1.60. The van der Waals surface area contributed by atoms with Gasteiger partial charge in [0.1, 0.15) is 29.4 Å². The van der Waals surface area contributed by atoms with Gasteiger partial charge in [-0.1, -0.05) is 25.5 Å². The van der Waals surface area contributed by atoms with Gasteiger partial charge < -0.3 is 14.5 Å². The summed E-state index contributed by atoms with van der Waals surface area (Å²) in [5.74, 6) is 0.926. The minimum atomic E-state index is -0.581. The van der Waals surface area contributed by atoms with E-state index in [1.54, 1.807) is 59.7 Å². The van der Waals surface area contributed by atoms with E-state index in [0.717, 1.165) is 17.7 Å². The molecule has 35 heavy (non-hydrogen) atoms. The summed E-state index contributed by atoms with van der Waals surface area (Å²) in [5.41, 5.74) is 4.89. The molecule has 0 aliphatic carbocycles. The number of H-pyrrole nitrogens is 1. The molecule has 1 amide bonds. The molecule has 2 heterocycles. The Bertz CT molecular complexity index is 1410. The number of benzene rings is 2. The Labute approximate surface area is 201 Å². The van der Waals surface area contributed by atoms with Crippen LogP contribution in [0.4, 0.5) is 0 Å². The monoisotopic (exact) mass is 477 g/mol. The fourth-order valence-corrected chi connectivity index (χ4v) is 3.83. The third-order valence-corrected chi connectivity index (χ3v) is 5.48. The van der Waals surface area contributed by atoms with Gasteiger partial charge in [0, 0.05) is 12.6 Å². The predicted molar refractivity (Wildman–Crippen MR) is 130 cm³/mol. The molecule has 2 aromatic heterocycles. The largest absolute Gasteiger partial charge is 0.493 e. The number of carbonyl (C=O) groups is 1. The highest BCUT2D eigenvalue weighted by molar-refractivity contribution is 5.93. The van der Waals surface area contributed by atoms with Gasteiger partial charge in [0.2, 0.25) is 0 Å². The average Bonchev–Trinajstić information content (AvgIpc) is 3.19. The van der Waals surface area contributed by atoms with Gasteiger partial charge in [-0.3, -0.25) is 19.5 Å². The van der Waals surface area contributed by atoms with E-state index in [9.17, 15) is 9.59 Å². The first kappa shape index (κ1) is 24.0. The highest BCUT2D eigenvalue weighted by Crippen LogP contribution is 2.32.